The van der Waals surface area contributed by atoms with Gasteiger partial charge in [-0.25, -0.2) is 9.97 Å². The van der Waals surface area contributed by atoms with E-state index in [2.05, 4.69) is 21.5 Å². The van der Waals surface area contributed by atoms with Crippen LogP contribution in [0, 0.1) is 23.2 Å². The Hall–Kier alpha value is -4.91. The van der Waals surface area contributed by atoms with Crippen LogP contribution in [0.3, 0.4) is 0 Å². The molecule has 0 bridgehead atoms. The summed E-state index contributed by atoms with van der Waals surface area (Å²) in [5.41, 5.74) is 5.18. The molecule has 1 N–H and O–H groups in total. The van der Waals surface area contributed by atoms with Crippen molar-refractivity contribution in [3.63, 3.8) is 0 Å². The second kappa shape index (κ2) is 14.7. The number of nitrogens with zero attached hydrogens (tertiary/aromatic N) is 7. The Bertz CT molecular complexity index is 1710. The number of hydrogen-bond donors (Lipinski definition) is 1. The van der Waals surface area contributed by atoms with Crippen molar-refractivity contribution in [1.29, 1.82) is 5.26 Å². The molecule has 6 rings (SSSR count). The number of rotatable bonds is 9. The molecule has 2 amide bonds. The zero-order chi connectivity index (χ0) is 32.8. The first-order chi connectivity index (χ1) is 22.9. The highest BCUT2D eigenvalue weighted by atomic mass is 16.2. The predicted molar refractivity (Wildman–Crippen MR) is 178 cm³/mol. The summed E-state index contributed by atoms with van der Waals surface area (Å²) >= 11 is 0. The molecule has 4 heterocycles. The number of hydrogen-bond acceptors (Lipinski definition) is 7. The number of carbonyl (C=O) groups is 2. The van der Waals surface area contributed by atoms with E-state index >= 15 is 0 Å². The molecule has 1 saturated carbocycles. The van der Waals surface area contributed by atoms with Crippen molar-refractivity contribution < 1.29 is 9.59 Å². The largest absolute Gasteiger partial charge is 0.351 e. The van der Waals surface area contributed by atoms with Crippen LogP contribution < -0.4 is 5.32 Å². The van der Waals surface area contributed by atoms with Gasteiger partial charge in [-0.2, -0.15) is 10.4 Å². The molecule has 3 aromatic heterocycles. The van der Waals surface area contributed by atoms with Crippen LogP contribution in [0.4, 0.5) is 0 Å². The fourth-order valence-electron chi connectivity index (χ4n) is 7.20. The van der Waals surface area contributed by atoms with Gasteiger partial charge >= 0.3 is 0 Å². The average molecular weight is 631 g/mol. The van der Waals surface area contributed by atoms with Crippen LogP contribution in [-0.4, -0.2) is 54.5 Å². The summed E-state index contributed by atoms with van der Waals surface area (Å²) in [7, 11) is 1.89. The summed E-state index contributed by atoms with van der Waals surface area (Å²) in [5.74, 6) is 1.27. The highest BCUT2D eigenvalue weighted by Crippen LogP contribution is 2.39. The number of amides is 2. The first-order valence-electron chi connectivity index (χ1n) is 16.7. The molecule has 2 aliphatic rings. The summed E-state index contributed by atoms with van der Waals surface area (Å²) < 4.78 is 1.77. The van der Waals surface area contributed by atoms with E-state index in [0.717, 1.165) is 78.8 Å². The van der Waals surface area contributed by atoms with Gasteiger partial charge in [0.05, 0.1) is 29.1 Å². The minimum absolute atomic E-state index is 0.00909. The smallest absolute Gasteiger partial charge is 0.229 e. The second-order valence-corrected chi connectivity index (χ2v) is 13.0. The molecule has 1 saturated heterocycles. The first-order valence-corrected chi connectivity index (χ1v) is 16.7. The molecular formula is C37H42N8O2. The second-order valence-electron chi connectivity index (χ2n) is 13.0. The third-order valence-corrected chi connectivity index (χ3v) is 9.88. The number of nitrogens with one attached hydrogen (secondary N) is 1. The first kappa shape index (κ1) is 32.0. The van der Waals surface area contributed by atoms with Gasteiger partial charge in [0.2, 0.25) is 11.8 Å². The van der Waals surface area contributed by atoms with E-state index in [0.29, 0.717) is 31.1 Å². The number of piperidine rings is 1. The Morgan fingerprint density at radius 1 is 0.957 bits per heavy atom. The number of benzene rings is 1. The lowest BCUT2D eigenvalue weighted by Crippen LogP contribution is -2.36. The highest BCUT2D eigenvalue weighted by Gasteiger charge is 2.35. The van der Waals surface area contributed by atoms with Gasteiger partial charge in [0, 0.05) is 75.7 Å². The van der Waals surface area contributed by atoms with E-state index in [1.165, 1.54) is 0 Å². The maximum Gasteiger partial charge on any atom is 0.229 e. The Kier molecular flexibility index (Phi) is 10.0. The SMILES string of the molecule is CC(=O)N1CCC(c2nc(C[C@H]3CC[C@H](C(C(=O)NCc4ccccc4)c4ccc(-c5cnn(C)c5)cn4)CC3)ncc2C#N)CC1. The lowest BCUT2D eigenvalue weighted by Gasteiger charge is -2.33. The topological polar surface area (TPSA) is 130 Å². The molecule has 10 nitrogen and oxygen atoms in total. The number of carbonyl (C=O) groups excluding carboxylic acids is 2. The van der Waals surface area contributed by atoms with Crippen molar-refractivity contribution in [2.45, 2.75) is 70.3 Å². The zero-order valence-corrected chi connectivity index (χ0v) is 27.2. The normalized spacial score (nSPS) is 19.1. The maximum absolute atomic E-state index is 13.8. The van der Waals surface area contributed by atoms with E-state index in [1.54, 1.807) is 17.8 Å². The number of likely N-dealkylation sites (tertiary alicyclic amines) is 1. The molecule has 4 aromatic rings. The molecule has 10 heteroatoms. The lowest BCUT2D eigenvalue weighted by molar-refractivity contribution is -0.130. The molecule has 1 unspecified atom stereocenters. The van der Waals surface area contributed by atoms with Crippen molar-refractivity contribution >= 4 is 11.8 Å². The fourth-order valence-corrected chi connectivity index (χ4v) is 7.20. The van der Waals surface area contributed by atoms with Crippen LogP contribution >= 0.6 is 0 Å². The molecule has 242 valence electrons. The van der Waals surface area contributed by atoms with Gasteiger partial charge < -0.3 is 10.2 Å². The molecule has 0 spiro atoms. The van der Waals surface area contributed by atoms with Gasteiger partial charge in [-0.05, 0) is 62.0 Å². The Morgan fingerprint density at radius 2 is 1.72 bits per heavy atom. The monoisotopic (exact) mass is 630 g/mol. The molecule has 1 aliphatic carbocycles. The van der Waals surface area contributed by atoms with Crippen LogP contribution in [0.2, 0.25) is 0 Å². The van der Waals surface area contributed by atoms with E-state index in [1.807, 2.05) is 73.0 Å². The lowest BCUT2D eigenvalue weighted by atomic mass is 9.73. The van der Waals surface area contributed by atoms with Crippen LogP contribution in [-0.2, 0) is 29.6 Å². The predicted octanol–water partition coefficient (Wildman–Crippen LogP) is 5.32. The summed E-state index contributed by atoms with van der Waals surface area (Å²) in [4.78, 5) is 41.8. The fraction of sp³-hybridized carbons (Fsp3) is 0.432. The van der Waals surface area contributed by atoms with Gasteiger partial charge in [-0.1, -0.05) is 36.4 Å². The van der Waals surface area contributed by atoms with Crippen LogP contribution in [0.15, 0.2) is 67.3 Å². The van der Waals surface area contributed by atoms with E-state index in [-0.39, 0.29) is 29.6 Å². The minimum atomic E-state index is -0.346. The van der Waals surface area contributed by atoms with E-state index < -0.39 is 0 Å². The third-order valence-electron chi connectivity index (χ3n) is 9.88. The molecule has 0 radical (unpaired) electrons. The highest BCUT2D eigenvalue weighted by molar-refractivity contribution is 5.83. The maximum atomic E-state index is 13.8. The van der Waals surface area contributed by atoms with Crippen molar-refractivity contribution in [3.8, 4) is 17.2 Å². The minimum Gasteiger partial charge on any atom is -0.351 e. The van der Waals surface area contributed by atoms with E-state index in [9.17, 15) is 14.9 Å². The average Bonchev–Trinajstić information content (AvgIpc) is 3.55. The van der Waals surface area contributed by atoms with Gasteiger partial charge in [-0.3, -0.25) is 19.3 Å². The van der Waals surface area contributed by atoms with Crippen LogP contribution in [0.1, 0.15) is 85.6 Å². The van der Waals surface area contributed by atoms with Crippen molar-refractivity contribution in [1.82, 2.24) is 34.9 Å². The molecule has 47 heavy (non-hydrogen) atoms. The van der Waals surface area contributed by atoms with Gasteiger partial charge in [-0.15, -0.1) is 0 Å². The molecule has 2 fully saturated rings. The van der Waals surface area contributed by atoms with Crippen molar-refractivity contribution in [2.24, 2.45) is 18.9 Å². The quantitative estimate of drug-likeness (QED) is 0.265. The third kappa shape index (κ3) is 7.74. The number of nitriles is 1. The molecule has 1 aliphatic heterocycles. The number of aromatic nitrogens is 5. The van der Waals surface area contributed by atoms with Gasteiger partial charge in [0.25, 0.3) is 0 Å². The summed E-state index contributed by atoms with van der Waals surface area (Å²) in [6, 6.07) is 16.3. The van der Waals surface area contributed by atoms with Crippen LogP contribution in [0.5, 0.6) is 0 Å². The van der Waals surface area contributed by atoms with Gasteiger partial charge in [0.15, 0.2) is 0 Å². The Balaban J connectivity index is 1.13. The van der Waals surface area contributed by atoms with Gasteiger partial charge in [0.1, 0.15) is 11.9 Å². The number of pyridine rings is 1. The molecule has 1 atom stereocenters. The molecule has 1 aromatic carbocycles. The van der Waals surface area contributed by atoms with E-state index in [4.69, 9.17) is 9.97 Å². The molecular weight excluding hydrogens is 588 g/mol. The zero-order valence-electron chi connectivity index (χ0n) is 27.2. The summed E-state index contributed by atoms with van der Waals surface area (Å²) in [6.07, 6.45) is 13.4. The Labute approximate surface area is 276 Å². The van der Waals surface area contributed by atoms with Crippen molar-refractivity contribution in [2.75, 3.05) is 13.1 Å². The summed E-state index contributed by atoms with van der Waals surface area (Å²) in [5, 5.41) is 17.2. The van der Waals surface area contributed by atoms with Crippen LogP contribution in [0.25, 0.3) is 11.1 Å². The number of aryl methyl sites for hydroxylation is 1. The standard InChI is InChI=1S/C37H42N8O2/c1-25(46)45-16-14-29(15-17-45)36-31(19-38)22-40-34(43-36)18-26-8-10-28(11-9-26)35(37(47)41-20-27-6-4-3-5-7-27)33-13-12-30(21-39-33)32-23-42-44(2)24-32/h3-7,12-13,21-24,26,28-29,35H,8-11,14-18,20H2,1-2H3,(H,41,47)/t26-,28-,35?. The summed E-state index contributed by atoms with van der Waals surface area (Å²) in [6.45, 7) is 3.46. The van der Waals surface area contributed by atoms with Crippen molar-refractivity contribution in [3.05, 3.63) is 95.6 Å². The Morgan fingerprint density at radius 3 is 2.36 bits per heavy atom.